The van der Waals surface area contributed by atoms with Crippen LogP contribution in [0.2, 0.25) is 0 Å². The van der Waals surface area contributed by atoms with Crippen LogP contribution in [0.4, 0.5) is 4.79 Å². The van der Waals surface area contributed by atoms with E-state index in [1.165, 1.54) is 0 Å². The Morgan fingerprint density at radius 3 is 2.43 bits per heavy atom. The van der Waals surface area contributed by atoms with Crippen molar-refractivity contribution in [1.29, 1.82) is 0 Å². The average Bonchev–Trinajstić information content (AvgIpc) is 2.96. The molecule has 28 heavy (non-hydrogen) atoms. The summed E-state index contributed by atoms with van der Waals surface area (Å²) in [6.45, 7) is 12.6. The normalized spacial score (nSPS) is 25.1. The summed E-state index contributed by atoms with van der Waals surface area (Å²) in [7, 11) is 0. The van der Waals surface area contributed by atoms with Crippen molar-refractivity contribution in [2.45, 2.75) is 84.1 Å². The second-order valence-electron chi connectivity index (χ2n) is 9.29. The molecule has 2 atom stereocenters. The number of fused-ring (bicyclic) bond motifs is 1. The molecule has 1 fully saturated rings. The highest BCUT2D eigenvalue weighted by Gasteiger charge is 2.51. The van der Waals surface area contributed by atoms with E-state index in [2.05, 4.69) is 0 Å². The second kappa shape index (κ2) is 6.81. The van der Waals surface area contributed by atoms with Crippen LogP contribution < -0.4 is 9.47 Å². The highest BCUT2D eigenvalue weighted by molar-refractivity contribution is 5.70. The molecule has 2 aliphatic heterocycles. The molecule has 0 aromatic heterocycles. The summed E-state index contributed by atoms with van der Waals surface area (Å²) in [5, 5.41) is 9.85. The third kappa shape index (κ3) is 4.20. The van der Waals surface area contributed by atoms with Gasteiger partial charge in [-0.2, -0.15) is 0 Å². The monoisotopic (exact) mass is 393 g/mol. The van der Waals surface area contributed by atoms with Crippen molar-refractivity contribution in [3.8, 4) is 11.5 Å². The van der Waals surface area contributed by atoms with Crippen LogP contribution in [0.5, 0.6) is 11.5 Å². The number of amides is 1. The summed E-state index contributed by atoms with van der Waals surface area (Å²) < 4.78 is 23.1. The number of aliphatic hydroxyl groups is 1. The van der Waals surface area contributed by atoms with E-state index in [-0.39, 0.29) is 12.6 Å². The van der Waals surface area contributed by atoms with Crippen LogP contribution in [0, 0.1) is 0 Å². The Bertz CT molecular complexity index is 752. The third-order valence-corrected chi connectivity index (χ3v) is 4.72. The zero-order valence-corrected chi connectivity index (χ0v) is 17.7. The molecule has 0 aliphatic carbocycles. The van der Waals surface area contributed by atoms with Gasteiger partial charge in [0.25, 0.3) is 0 Å². The number of nitrogens with zero attached hydrogens (tertiary/aromatic N) is 1. The minimum atomic E-state index is -0.890. The van der Waals surface area contributed by atoms with Gasteiger partial charge in [-0.1, -0.05) is 6.07 Å². The van der Waals surface area contributed by atoms with Gasteiger partial charge in [0, 0.05) is 13.8 Å². The molecule has 156 valence electrons. The van der Waals surface area contributed by atoms with Gasteiger partial charge in [0.05, 0.1) is 12.6 Å². The predicted molar refractivity (Wildman–Crippen MR) is 103 cm³/mol. The summed E-state index contributed by atoms with van der Waals surface area (Å²) in [5.74, 6) is 0.666. The summed E-state index contributed by atoms with van der Waals surface area (Å²) in [6.07, 6.45) is -0.477. The highest BCUT2D eigenvalue weighted by Crippen LogP contribution is 2.41. The molecule has 3 rings (SSSR count). The molecule has 7 heteroatoms. The van der Waals surface area contributed by atoms with Gasteiger partial charge in [-0.05, 0) is 58.7 Å². The lowest BCUT2D eigenvalue weighted by molar-refractivity contribution is -0.0866. The van der Waals surface area contributed by atoms with Crippen molar-refractivity contribution in [3.05, 3.63) is 23.8 Å². The number of carbonyl (C=O) groups excluding carboxylic acids is 1. The summed E-state index contributed by atoms with van der Waals surface area (Å²) in [6, 6.07) is 5.35. The number of ether oxygens (including phenoxy) is 4. The van der Waals surface area contributed by atoms with Crippen molar-refractivity contribution in [2.24, 2.45) is 0 Å². The van der Waals surface area contributed by atoms with Crippen molar-refractivity contribution in [3.63, 3.8) is 0 Å². The standard InChI is InChI=1S/C21H31NO6/c1-19(2,3)28-18(24)22-14(17(12-23)25-20(22,4)5)10-13-8-9-15-16(11-13)27-21(6,7)26-15/h8-9,11,14,17,23H,10,12H2,1-7H3. The van der Waals surface area contributed by atoms with E-state index in [0.29, 0.717) is 17.9 Å². The molecule has 0 radical (unpaired) electrons. The number of carbonyl (C=O) groups is 1. The Labute approximate surface area is 166 Å². The molecule has 7 nitrogen and oxygen atoms in total. The zero-order valence-electron chi connectivity index (χ0n) is 17.7. The van der Waals surface area contributed by atoms with Gasteiger partial charge < -0.3 is 24.1 Å². The zero-order chi connectivity index (χ0) is 20.9. The Balaban J connectivity index is 1.86. The lowest BCUT2D eigenvalue weighted by atomic mass is 10.00. The van der Waals surface area contributed by atoms with Crippen LogP contribution in [0.25, 0.3) is 0 Å². The van der Waals surface area contributed by atoms with Gasteiger partial charge in [-0.3, -0.25) is 4.90 Å². The Morgan fingerprint density at radius 2 is 1.82 bits per heavy atom. The first-order valence-electron chi connectivity index (χ1n) is 9.63. The molecule has 0 spiro atoms. The molecular formula is C21H31NO6. The molecular weight excluding hydrogens is 362 g/mol. The second-order valence-corrected chi connectivity index (χ2v) is 9.29. The molecule has 1 amide bonds. The van der Waals surface area contributed by atoms with E-state index in [9.17, 15) is 9.90 Å². The first kappa shape index (κ1) is 20.7. The van der Waals surface area contributed by atoms with Crippen LogP contribution in [-0.4, -0.2) is 52.0 Å². The maximum Gasteiger partial charge on any atom is 0.412 e. The van der Waals surface area contributed by atoms with Crippen molar-refractivity contribution >= 4 is 6.09 Å². The van der Waals surface area contributed by atoms with Crippen LogP contribution >= 0.6 is 0 Å². The fourth-order valence-corrected chi connectivity index (χ4v) is 3.75. The van der Waals surface area contributed by atoms with E-state index in [1.807, 2.05) is 66.7 Å². The number of aliphatic hydroxyl groups excluding tert-OH is 1. The Hall–Kier alpha value is -1.99. The average molecular weight is 393 g/mol. The summed E-state index contributed by atoms with van der Waals surface area (Å²) in [5.41, 5.74) is -0.559. The van der Waals surface area contributed by atoms with E-state index in [0.717, 1.165) is 5.56 Å². The molecule has 0 bridgehead atoms. The lowest BCUT2D eigenvalue weighted by Gasteiger charge is -2.35. The quantitative estimate of drug-likeness (QED) is 0.847. The molecule has 2 heterocycles. The fraction of sp³-hybridized carbons (Fsp3) is 0.667. The first-order chi connectivity index (χ1) is 12.8. The molecule has 1 N–H and O–H groups in total. The SMILES string of the molecule is CC(C)(C)OC(=O)N1C(Cc2ccc3c(c2)OC(C)(C)O3)C(CO)OC1(C)C. The van der Waals surface area contributed by atoms with Gasteiger partial charge in [-0.15, -0.1) is 0 Å². The number of benzene rings is 1. The van der Waals surface area contributed by atoms with Gasteiger partial charge >= 0.3 is 6.09 Å². The molecule has 1 aromatic rings. The van der Waals surface area contributed by atoms with Crippen molar-refractivity contribution in [1.82, 2.24) is 4.90 Å². The Kier molecular flexibility index (Phi) is 5.04. The van der Waals surface area contributed by atoms with E-state index in [1.54, 1.807) is 4.90 Å². The summed E-state index contributed by atoms with van der Waals surface area (Å²) in [4.78, 5) is 14.5. The van der Waals surface area contributed by atoms with E-state index >= 15 is 0 Å². The molecule has 1 saturated heterocycles. The van der Waals surface area contributed by atoms with E-state index in [4.69, 9.17) is 18.9 Å². The fourth-order valence-electron chi connectivity index (χ4n) is 3.75. The number of hydrogen-bond donors (Lipinski definition) is 1. The van der Waals surface area contributed by atoms with Crippen LogP contribution in [0.3, 0.4) is 0 Å². The van der Waals surface area contributed by atoms with Gasteiger partial charge in [0.2, 0.25) is 5.79 Å². The van der Waals surface area contributed by atoms with Crippen LogP contribution in [-0.2, 0) is 15.9 Å². The number of rotatable bonds is 3. The summed E-state index contributed by atoms with van der Waals surface area (Å²) >= 11 is 0. The van der Waals surface area contributed by atoms with Gasteiger partial charge in [-0.25, -0.2) is 4.79 Å². The van der Waals surface area contributed by atoms with E-state index < -0.39 is 29.3 Å². The first-order valence-corrected chi connectivity index (χ1v) is 9.63. The molecule has 1 aromatic carbocycles. The predicted octanol–water partition coefficient (Wildman–Crippen LogP) is 3.47. The largest absolute Gasteiger partial charge is 0.449 e. The maximum atomic E-state index is 12.9. The highest BCUT2D eigenvalue weighted by atomic mass is 16.7. The van der Waals surface area contributed by atoms with Crippen LogP contribution in [0.1, 0.15) is 54.0 Å². The lowest BCUT2D eigenvalue weighted by Crippen LogP contribution is -2.51. The van der Waals surface area contributed by atoms with Gasteiger partial charge in [0.1, 0.15) is 17.4 Å². The Morgan fingerprint density at radius 1 is 1.18 bits per heavy atom. The maximum absolute atomic E-state index is 12.9. The minimum absolute atomic E-state index is 0.190. The number of hydrogen-bond acceptors (Lipinski definition) is 6. The smallest absolute Gasteiger partial charge is 0.412 e. The molecule has 0 saturated carbocycles. The third-order valence-electron chi connectivity index (χ3n) is 4.72. The minimum Gasteiger partial charge on any atom is -0.449 e. The van der Waals surface area contributed by atoms with Gasteiger partial charge in [0.15, 0.2) is 11.5 Å². The van der Waals surface area contributed by atoms with Crippen LogP contribution in [0.15, 0.2) is 18.2 Å². The van der Waals surface area contributed by atoms with Crippen molar-refractivity contribution in [2.75, 3.05) is 6.61 Å². The molecule has 2 aliphatic rings. The molecule has 2 unspecified atom stereocenters. The topological polar surface area (TPSA) is 77.5 Å². The van der Waals surface area contributed by atoms with Crippen molar-refractivity contribution < 1.29 is 28.8 Å².